The van der Waals surface area contributed by atoms with Gasteiger partial charge in [-0.25, -0.2) is 14.5 Å². The van der Waals surface area contributed by atoms with Crippen LogP contribution in [-0.4, -0.2) is 66.5 Å². The topological polar surface area (TPSA) is 82.4 Å². The third kappa shape index (κ3) is 2.47. The Morgan fingerprint density at radius 3 is 2.89 bits per heavy atom. The molecule has 5 heterocycles. The number of nitrogens with one attached hydrogen (secondary N) is 1. The number of aromatic nitrogens is 5. The van der Waals surface area contributed by atoms with Crippen LogP contribution in [-0.2, 0) is 12.0 Å². The van der Waals surface area contributed by atoms with Gasteiger partial charge in [0.1, 0.15) is 0 Å². The first-order valence-electron chi connectivity index (χ1n) is 9.59. The van der Waals surface area contributed by atoms with Crippen molar-refractivity contribution in [1.82, 2.24) is 34.4 Å². The average molecular weight is 365 g/mol. The number of carbonyl (C=O) groups is 1. The van der Waals surface area contributed by atoms with Crippen molar-refractivity contribution in [3.63, 3.8) is 0 Å². The molecule has 8 nitrogen and oxygen atoms in total. The SMILES string of the molecule is CCN1CCc2[nH]cnc2C12CCN(C(=O)c1cc3ncccn3n1)CC2. The van der Waals surface area contributed by atoms with Gasteiger partial charge in [0, 0.05) is 50.2 Å². The summed E-state index contributed by atoms with van der Waals surface area (Å²) in [5, 5.41) is 4.39. The zero-order chi connectivity index (χ0) is 18.4. The summed E-state index contributed by atoms with van der Waals surface area (Å²) >= 11 is 0. The number of nitrogens with zero attached hydrogens (tertiary/aromatic N) is 6. The molecule has 0 radical (unpaired) electrons. The molecule has 0 aliphatic carbocycles. The monoisotopic (exact) mass is 365 g/mol. The number of likely N-dealkylation sites (N-methyl/N-ethyl adjacent to an activating group) is 1. The van der Waals surface area contributed by atoms with Crippen molar-refractivity contribution in [2.24, 2.45) is 0 Å². The van der Waals surface area contributed by atoms with E-state index in [9.17, 15) is 4.79 Å². The van der Waals surface area contributed by atoms with Crippen molar-refractivity contribution in [2.75, 3.05) is 26.2 Å². The predicted molar refractivity (Wildman–Crippen MR) is 99.3 cm³/mol. The standard InChI is InChI=1S/C19H23N7O/c1-2-25-9-4-14-17(22-13-21-14)19(25)5-10-24(11-6-19)18(27)15-12-16-20-7-3-8-26(16)23-15/h3,7-8,12-13H,2,4-6,9-11H2,1H3,(H,21,22). The van der Waals surface area contributed by atoms with Crippen LogP contribution >= 0.6 is 0 Å². The summed E-state index contributed by atoms with van der Waals surface area (Å²) in [6.07, 6.45) is 8.14. The Kier molecular flexibility index (Phi) is 3.75. The molecule has 0 saturated carbocycles. The van der Waals surface area contributed by atoms with Gasteiger partial charge in [0.15, 0.2) is 11.3 Å². The van der Waals surface area contributed by atoms with E-state index >= 15 is 0 Å². The molecule has 0 atom stereocenters. The maximum Gasteiger partial charge on any atom is 0.274 e. The van der Waals surface area contributed by atoms with Crippen LogP contribution < -0.4 is 0 Å². The van der Waals surface area contributed by atoms with Gasteiger partial charge in [-0.2, -0.15) is 5.10 Å². The minimum absolute atomic E-state index is 0.0172. The van der Waals surface area contributed by atoms with Crippen molar-refractivity contribution >= 4 is 11.6 Å². The quantitative estimate of drug-likeness (QED) is 0.743. The van der Waals surface area contributed by atoms with Crippen molar-refractivity contribution in [2.45, 2.75) is 31.7 Å². The van der Waals surface area contributed by atoms with Gasteiger partial charge in [-0.05, 0) is 25.5 Å². The third-order valence-corrected chi connectivity index (χ3v) is 6.11. The number of carbonyl (C=O) groups excluding carboxylic acids is 1. The first-order chi connectivity index (χ1) is 13.2. The fraction of sp³-hybridized carbons (Fsp3) is 0.474. The lowest BCUT2D eigenvalue weighted by atomic mass is 9.78. The summed E-state index contributed by atoms with van der Waals surface area (Å²) in [7, 11) is 0. The van der Waals surface area contributed by atoms with Gasteiger partial charge >= 0.3 is 0 Å². The molecule has 3 aromatic heterocycles. The van der Waals surface area contributed by atoms with Gasteiger partial charge in [0.25, 0.3) is 5.91 Å². The number of fused-ring (bicyclic) bond motifs is 3. The highest BCUT2D eigenvalue weighted by atomic mass is 16.2. The zero-order valence-electron chi connectivity index (χ0n) is 15.4. The second kappa shape index (κ2) is 6.16. The third-order valence-electron chi connectivity index (χ3n) is 6.11. The smallest absolute Gasteiger partial charge is 0.274 e. The van der Waals surface area contributed by atoms with E-state index in [0.29, 0.717) is 24.4 Å². The highest BCUT2D eigenvalue weighted by Crippen LogP contribution is 2.42. The minimum Gasteiger partial charge on any atom is -0.348 e. The van der Waals surface area contributed by atoms with Crippen LogP contribution in [0, 0.1) is 0 Å². The normalized spacial score (nSPS) is 19.5. The lowest BCUT2D eigenvalue weighted by Gasteiger charge is -2.50. The number of hydrogen-bond acceptors (Lipinski definition) is 5. The minimum atomic E-state index is -0.0560. The number of amides is 1. The van der Waals surface area contributed by atoms with Gasteiger partial charge in [-0.15, -0.1) is 0 Å². The molecule has 2 aliphatic heterocycles. The van der Waals surface area contributed by atoms with Gasteiger partial charge in [-0.3, -0.25) is 9.69 Å². The number of H-pyrrole nitrogens is 1. The number of likely N-dealkylation sites (tertiary alicyclic amines) is 1. The Labute approximate surface area is 157 Å². The molecular formula is C19H23N7O. The molecule has 1 saturated heterocycles. The van der Waals surface area contributed by atoms with Crippen LogP contribution in [0.4, 0.5) is 0 Å². The van der Waals surface area contributed by atoms with E-state index in [1.54, 1.807) is 16.8 Å². The Balaban J connectivity index is 1.39. The van der Waals surface area contributed by atoms with Crippen molar-refractivity contribution < 1.29 is 4.79 Å². The fourth-order valence-electron chi connectivity index (χ4n) is 4.71. The highest BCUT2D eigenvalue weighted by molar-refractivity contribution is 5.93. The predicted octanol–water partition coefficient (Wildman–Crippen LogP) is 1.46. The van der Waals surface area contributed by atoms with Crippen LogP contribution in [0.2, 0.25) is 0 Å². The molecule has 140 valence electrons. The van der Waals surface area contributed by atoms with Crippen LogP contribution in [0.5, 0.6) is 0 Å². The van der Waals surface area contributed by atoms with Crippen molar-refractivity contribution in [3.8, 4) is 0 Å². The molecule has 0 aromatic carbocycles. The Hall–Kier alpha value is -2.74. The van der Waals surface area contributed by atoms with E-state index in [1.165, 1.54) is 11.4 Å². The Morgan fingerprint density at radius 1 is 1.26 bits per heavy atom. The summed E-state index contributed by atoms with van der Waals surface area (Å²) < 4.78 is 1.65. The van der Waals surface area contributed by atoms with Gasteiger partial charge in [-0.1, -0.05) is 6.92 Å². The molecule has 1 fully saturated rings. The molecule has 0 unspecified atom stereocenters. The molecule has 2 aliphatic rings. The summed E-state index contributed by atoms with van der Waals surface area (Å²) in [4.78, 5) is 29.7. The largest absolute Gasteiger partial charge is 0.348 e. The number of rotatable bonds is 2. The van der Waals surface area contributed by atoms with Crippen LogP contribution in [0.25, 0.3) is 5.65 Å². The van der Waals surface area contributed by atoms with E-state index in [1.807, 2.05) is 23.5 Å². The maximum atomic E-state index is 13.0. The first-order valence-corrected chi connectivity index (χ1v) is 9.59. The lowest BCUT2D eigenvalue weighted by molar-refractivity contribution is 0.0100. The molecule has 1 spiro atoms. The number of imidazole rings is 1. The molecule has 1 amide bonds. The molecule has 0 bridgehead atoms. The molecule has 5 rings (SSSR count). The molecule has 1 N–H and O–H groups in total. The van der Waals surface area contributed by atoms with Crippen LogP contribution in [0.15, 0.2) is 30.9 Å². The second-order valence-corrected chi connectivity index (χ2v) is 7.34. The molecule has 8 heteroatoms. The van der Waals surface area contributed by atoms with Crippen LogP contribution in [0.3, 0.4) is 0 Å². The second-order valence-electron chi connectivity index (χ2n) is 7.34. The number of piperidine rings is 1. The molecule has 27 heavy (non-hydrogen) atoms. The van der Waals surface area contributed by atoms with Crippen LogP contribution in [0.1, 0.15) is 41.6 Å². The summed E-state index contributed by atoms with van der Waals surface area (Å²) in [5.74, 6) is -0.0172. The Morgan fingerprint density at radius 2 is 2.11 bits per heavy atom. The van der Waals surface area contributed by atoms with Gasteiger partial charge in [0.05, 0.1) is 17.6 Å². The van der Waals surface area contributed by atoms with E-state index in [0.717, 1.165) is 32.4 Å². The summed E-state index contributed by atoms with van der Waals surface area (Å²) in [6.45, 7) is 5.67. The fourth-order valence-corrected chi connectivity index (χ4v) is 4.71. The van der Waals surface area contributed by atoms with E-state index in [4.69, 9.17) is 0 Å². The molecular weight excluding hydrogens is 342 g/mol. The zero-order valence-corrected chi connectivity index (χ0v) is 15.4. The van der Waals surface area contributed by atoms with Gasteiger partial charge < -0.3 is 9.88 Å². The van der Waals surface area contributed by atoms with Gasteiger partial charge in [0.2, 0.25) is 0 Å². The Bertz CT molecular complexity index is 950. The van der Waals surface area contributed by atoms with E-state index < -0.39 is 0 Å². The lowest BCUT2D eigenvalue weighted by Crippen LogP contribution is -2.57. The average Bonchev–Trinajstić information content (AvgIpc) is 3.36. The number of hydrogen-bond donors (Lipinski definition) is 1. The molecule has 3 aromatic rings. The summed E-state index contributed by atoms with van der Waals surface area (Å²) in [5.41, 5.74) is 3.53. The van der Waals surface area contributed by atoms with E-state index in [2.05, 4.69) is 31.9 Å². The first kappa shape index (κ1) is 16.4. The van der Waals surface area contributed by atoms with Crippen molar-refractivity contribution in [3.05, 3.63) is 47.9 Å². The van der Waals surface area contributed by atoms with E-state index in [-0.39, 0.29) is 11.4 Å². The maximum absolute atomic E-state index is 13.0. The highest BCUT2D eigenvalue weighted by Gasteiger charge is 2.46. The number of aromatic amines is 1. The van der Waals surface area contributed by atoms with Crippen molar-refractivity contribution in [1.29, 1.82) is 0 Å². The summed E-state index contributed by atoms with van der Waals surface area (Å²) in [6, 6.07) is 3.57.